The Morgan fingerprint density at radius 3 is 2.41 bits per heavy atom. The summed E-state index contributed by atoms with van der Waals surface area (Å²) in [6, 6.07) is 20.9. The molecule has 1 aliphatic carbocycles. The summed E-state index contributed by atoms with van der Waals surface area (Å²) in [5.41, 5.74) is 1.80. The van der Waals surface area contributed by atoms with Crippen LogP contribution in [0.1, 0.15) is 37.8 Å². The van der Waals surface area contributed by atoms with E-state index in [4.69, 9.17) is 23.8 Å². The molecule has 2 aromatic carbocycles. The van der Waals surface area contributed by atoms with Crippen molar-refractivity contribution in [2.24, 2.45) is 5.92 Å². The average Bonchev–Trinajstić information content (AvgIpc) is 3.43. The van der Waals surface area contributed by atoms with Gasteiger partial charge in [-0.25, -0.2) is 0 Å². The molecule has 2 aromatic rings. The largest absolute Gasteiger partial charge is 0.365 e. The van der Waals surface area contributed by atoms with Gasteiger partial charge in [-0.1, -0.05) is 60.7 Å². The molecular formula is C26H31NO5. The Kier molecular flexibility index (Phi) is 5.13. The van der Waals surface area contributed by atoms with Crippen molar-refractivity contribution in [2.75, 3.05) is 6.61 Å². The lowest BCUT2D eigenvalue weighted by atomic mass is 9.72. The number of rotatable bonds is 5. The van der Waals surface area contributed by atoms with Crippen LogP contribution >= 0.6 is 0 Å². The van der Waals surface area contributed by atoms with Crippen LogP contribution in [0.2, 0.25) is 0 Å². The van der Waals surface area contributed by atoms with Gasteiger partial charge >= 0.3 is 0 Å². The molecule has 6 nitrogen and oxygen atoms in total. The second-order valence-corrected chi connectivity index (χ2v) is 9.86. The molecule has 4 fully saturated rings. The van der Waals surface area contributed by atoms with Crippen LogP contribution in [0.5, 0.6) is 0 Å². The summed E-state index contributed by atoms with van der Waals surface area (Å²) in [6.45, 7) is 5.85. The molecule has 0 radical (unpaired) electrons. The fraction of sp³-hybridized carbons (Fsp3) is 0.538. The highest BCUT2D eigenvalue weighted by Gasteiger charge is 2.69. The molecule has 0 bridgehead atoms. The second-order valence-electron chi connectivity index (χ2n) is 9.86. The maximum absolute atomic E-state index is 6.78. The minimum Gasteiger partial charge on any atom is -0.365 e. The normalized spacial score (nSPS) is 37.8. The van der Waals surface area contributed by atoms with Crippen molar-refractivity contribution in [3.05, 3.63) is 71.8 Å². The van der Waals surface area contributed by atoms with Gasteiger partial charge in [-0.15, -0.1) is 0 Å². The van der Waals surface area contributed by atoms with E-state index in [1.807, 2.05) is 38.1 Å². The third-order valence-corrected chi connectivity index (χ3v) is 7.32. The predicted molar refractivity (Wildman–Crippen MR) is 117 cm³/mol. The molecule has 3 heterocycles. The Morgan fingerprint density at radius 2 is 1.66 bits per heavy atom. The smallest absolute Gasteiger partial charge is 0.190 e. The fourth-order valence-corrected chi connectivity index (χ4v) is 5.85. The van der Waals surface area contributed by atoms with Gasteiger partial charge in [0.25, 0.3) is 0 Å². The van der Waals surface area contributed by atoms with Crippen molar-refractivity contribution in [1.29, 1.82) is 0 Å². The van der Waals surface area contributed by atoms with Gasteiger partial charge in [-0.2, -0.15) is 5.06 Å². The van der Waals surface area contributed by atoms with Crippen molar-refractivity contribution < 1.29 is 23.8 Å². The molecule has 3 saturated heterocycles. The lowest BCUT2D eigenvalue weighted by Gasteiger charge is -2.47. The van der Waals surface area contributed by atoms with E-state index in [0.717, 1.165) is 24.9 Å². The average molecular weight is 438 g/mol. The topological polar surface area (TPSA) is 49.4 Å². The van der Waals surface area contributed by atoms with E-state index in [0.29, 0.717) is 19.1 Å². The summed E-state index contributed by atoms with van der Waals surface area (Å²) in [7, 11) is 0. The van der Waals surface area contributed by atoms with Gasteiger partial charge in [0.15, 0.2) is 12.1 Å². The molecule has 6 atom stereocenters. The zero-order valence-corrected chi connectivity index (χ0v) is 18.7. The number of hydrogen-bond acceptors (Lipinski definition) is 6. The van der Waals surface area contributed by atoms with E-state index in [-0.39, 0.29) is 18.2 Å². The van der Waals surface area contributed by atoms with Crippen LogP contribution in [0.3, 0.4) is 0 Å². The highest BCUT2D eigenvalue weighted by molar-refractivity contribution is 5.19. The Morgan fingerprint density at radius 1 is 0.938 bits per heavy atom. The Hall–Kier alpha value is -1.80. The molecule has 0 amide bonds. The van der Waals surface area contributed by atoms with Gasteiger partial charge in [0.1, 0.15) is 17.8 Å². The van der Waals surface area contributed by atoms with E-state index >= 15 is 0 Å². The zero-order chi connectivity index (χ0) is 21.8. The summed E-state index contributed by atoms with van der Waals surface area (Å²) in [5.74, 6) is -0.278. The van der Waals surface area contributed by atoms with Crippen LogP contribution in [-0.2, 0) is 36.9 Å². The Balaban J connectivity index is 1.31. The predicted octanol–water partition coefficient (Wildman–Crippen LogP) is 4.04. The minimum absolute atomic E-state index is 0.0978. The first-order valence-corrected chi connectivity index (χ1v) is 11.7. The van der Waals surface area contributed by atoms with Gasteiger partial charge in [-0.05, 0) is 37.8 Å². The van der Waals surface area contributed by atoms with E-state index in [1.54, 1.807) is 0 Å². The molecule has 0 spiro atoms. The van der Waals surface area contributed by atoms with Gasteiger partial charge in [-0.3, -0.25) is 4.84 Å². The number of ether oxygens (including phenoxy) is 4. The SMILES string of the molecule is CC1(C)O[C@H]2O[C@@H]3[C@H]4[C@@H](CC[C@@]3(OCc3ccccc3)[C@H]2O1)CON4Cc1ccccc1. The van der Waals surface area contributed by atoms with Crippen molar-refractivity contribution in [1.82, 2.24) is 5.06 Å². The zero-order valence-electron chi connectivity index (χ0n) is 18.7. The number of benzene rings is 2. The molecule has 6 heteroatoms. The van der Waals surface area contributed by atoms with Crippen LogP contribution in [-0.4, -0.2) is 47.6 Å². The summed E-state index contributed by atoms with van der Waals surface area (Å²) in [4.78, 5) is 6.20. The molecule has 0 N–H and O–H groups in total. The monoisotopic (exact) mass is 437 g/mol. The van der Waals surface area contributed by atoms with E-state index in [1.165, 1.54) is 5.56 Å². The number of nitrogens with zero attached hydrogens (tertiary/aromatic N) is 1. The molecule has 0 unspecified atom stereocenters. The summed E-state index contributed by atoms with van der Waals surface area (Å²) in [6.07, 6.45) is 1.02. The lowest BCUT2D eigenvalue weighted by Crippen LogP contribution is -2.61. The molecule has 0 aromatic heterocycles. The summed E-state index contributed by atoms with van der Waals surface area (Å²) < 4.78 is 26.0. The van der Waals surface area contributed by atoms with Gasteiger partial charge in [0.2, 0.25) is 0 Å². The number of fused-ring (bicyclic) bond motifs is 5. The molecule has 6 rings (SSSR count). The molecule has 1 saturated carbocycles. The standard InChI is InChI=1S/C26H31NO5/c1-25(2)31-23-24(32-25)30-22-21-20(17-29-27(21)15-18-9-5-3-6-10-18)13-14-26(22,23)28-16-19-11-7-4-8-12-19/h3-12,20-24H,13-17H2,1-2H3/t20-,21+,22+,23-,24+,26-/m0/s1. The molecule has 32 heavy (non-hydrogen) atoms. The number of hydroxylamine groups is 2. The van der Waals surface area contributed by atoms with E-state index < -0.39 is 17.7 Å². The molecule has 3 aliphatic heterocycles. The van der Waals surface area contributed by atoms with E-state index in [2.05, 4.69) is 41.5 Å². The quantitative estimate of drug-likeness (QED) is 0.704. The molecule has 4 aliphatic rings. The van der Waals surface area contributed by atoms with Crippen LogP contribution in [0.15, 0.2) is 60.7 Å². The first kappa shape index (κ1) is 20.8. The highest BCUT2D eigenvalue weighted by Crippen LogP contribution is 2.54. The Bertz CT molecular complexity index is 938. The van der Waals surface area contributed by atoms with Crippen LogP contribution < -0.4 is 0 Å². The third-order valence-electron chi connectivity index (χ3n) is 7.32. The van der Waals surface area contributed by atoms with Gasteiger partial charge < -0.3 is 18.9 Å². The van der Waals surface area contributed by atoms with Crippen molar-refractivity contribution >= 4 is 0 Å². The first-order valence-electron chi connectivity index (χ1n) is 11.7. The first-order chi connectivity index (χ1) is 15.5. The minimum atomic E-state index is -0.684. The van der Waals surface area contributed by atoms with Crippen LogP contribution in [0, 0.1) is 5.92 Å². The van der Waals surface area contributed by atoms with Crippen LogP contribution in [0.25, 0.3) is 0 Å². The van der Waals surface area contributed by atoms with Crippen LogP contribution in [0.4, 0.5) is 0 Å². The van der Waals surface area contributed by atoms with Crippen molar-refractivity contribution in [3.8, 4) is 0 Å². The summed E-state index contributed by atoms with van der Waals surface area (Å²) >= 11 is 0. The van der Waals surface area contributed by atoms with E-state index in [9.17, 15) is 0 Å². The highest BCUT2D eigenvalue weighted by atomic mass is 16.8. The van der Waals surface area contributed by atoms with Crippen molar-refractivity contribution in [3.63, 3.8) is 0 Å². The molecular weight excluding hydrogens is 406 g/mol. The Labute approximate surface area is 189 Å². The van der Waals surface area contributed by atoms with Gasteiger partial charge in [0.05, 0.1) is 19.3 Å². The summed E-state index contributed by atoms with van der Waals surface area (Å²) in [5, 5.41) is 2.11. The van der Waals surface area contributed by atoms with Crippen molar-refractivity contribution in [2.45, 2.75) is 75.8 Å². The molecule has 170 valence electrons. The van der Waals surface area contributed by atoms with Gasteiger partial charge in [0, 0.05) is 12.5 Å². The lowest BCUT2D eigenvalue weighted by molar-refractivity contribution is -0.267. The maximum atomic E-state index is 6.78. The third kappa shape index (κ3) is 3.50. The second kappa shape index (κ2) is 7.90. The maximum Gasteiger partial charge on any atom is 0.190 e. The fourth-order valence-electron chi connectivity index (χ4n) is 5.85. The number of hydrogen-bond donors (Lipinski definition) is 0.